The second-order valence-corrected chi connectivity index (χ2v) is 21.6. The molecule has 0 radical (unpaired) electrons. The highest BCUT2D eigenvalue weighted by Gasteiger charge is 2.44. The predicted molar refractivity (Wildman–Crippen MR) is 301 cm³/mol. The van der Waals surface area contributed by atoms with Crippen molar-refractivity contribution >= 4 is 5.91 Å². The SMILES string of the molecule is CCCCCCC/C=C/CC/C=C/CC/C=C/C(O)C(COC1OC(CO)C(O)C(O)C1O)NC(=O)C(O)CCCCCCCCCCCCCCCCCCCCCCCCCCCCCCCCCC. The number of aliphatic hydroxyl groups excluding tert-OH is 6. The summed E-state index contributed by atoms with van der Waals surface area (Å²) < 4.78 is 11.2. The fourth-order valence-corrected chi connectivity index (χ4v) is 9.85. The highest BCUT2D eigenvalue weighted by molar-refractivity contribution is 5.80. The smallest absolute Gasteiger partial charge is 0.249 e. The lowest BCUT2D eigenvalue weighted by molar-refractivity contribution is -0.302. The van der Waals surface area contributed by atoms with Crippen LogP contribution in [0.15, 0.2) is 36.5 Å². The van der Waals surface area contributed by atoms with Crippen LogP contribution in [0.25, 0.3) is 0 Å². The highest BCUT2D eigenvalue weighted by atomic mass is 16.7. The second-order valence-electron chi connectivity index (χ2n) is 21.6. The summed E-state index contributed by atoms with van der Waals surface area (Å²) in [6, 6.07) is -1.00. The zero-order valence-electron chi connectivity index (χ0n) is 46.8. The monoisotopic (exact) mass is 1020 g/mol. The molecule has 1 heterocycles. The molecule has 0 aliphatic carbocycles. The van der Waals surface area contributed by atoms with Gasteiger partial charge in [0.2, 0.25) is 5.91 Å². The second kappa shape index (κ2) is 51.5. The maximum absolute atomic E-state index is 13.1. The lowest BCUT2D eigenvalue weighted by atomic mass is 9.99. The largest absolute Gasteiger partial charge is 0.394 e. The van der Waals surface area contributed by atoms with Crippen molar-refractivity contribution in [1.82, 2.24) is 5.32 Å². The van der Waals surface area contributed by atoms with Gasteiger partial charge in [-0.05, 0) is 44.9 Å². The molecule has 0 bridgehead atoms. The van der Waals surface area contributed by atoms with Gasteiger partial charge in [0.05, 0.1) is 25.4 Å². The Morgan fingerprint density at radius 1 is 0.472 bits per heavy atom. The lowest BCUT2D eigenvalue weighted by Gasteiger charge is -2.40. The van der Waals surface area contributed by atoms with Crippen LogP contribution in [0.1, 0.15) is 290 Å². The van der Waals surface area contributed by atoms with Crippen molar-refractivity contribution in [2.45, 2.75) is 339 Å². The van der Waals surface area contributed by atoms with E-state index in [2.05, 4.69) is 43.5 Å². The fraction of sp³-hybridized carbons (Fsp3) is 0.887. The van der Waals surface area contributed by atoms with Gasteiger partial charge in [0, 0.05) is 0 Å². The minimum atomic E-state index is -1.62. The van der Waals surface area contributed by atoms with Crippen molar-refractivity contribution in [2.24, 2.45) is 0 Å². The molecule has 8 atom stereocenters. The normalized spacial score (nSPS) is 19.8. The van der Waals surface area contributed by atoms with E-state index in [1.54, 1.807) is 6.08 Å². The zero-order chi connectivity index (χ0) is 52.4. The molecule has 1 amide bonds. The Kier molecular flexibility index (Phi) is 48.9. The summed E-state index contributed by atoms with van der Waals surface area (Å²) in [6.45, 7) is 3.60. The summed E-state index contributed by atoms with van der Waals surface area (Å²) in [5, 5.41) is 65.0. The molecule has 72 heavy (non-hydrogen) atoms. The third kappa shape index (κ3) is 39.7. The Hall–Kier alpha value is -1.63. The van der Waals surface area contributed by atoms with Crippen LogP contribution in [0.4, 0.5) is 0 Å². The Bertz CT molecular complexity index is 1240. The average molecular weight is 1020 g/mol. The molecule has 7 N–H and O–H groups in total. The molecule has 8 unspecified atom stereocenters. The number of hydrogen-bond donors (Lipinski definition) is 7. The number of allylic oxidation sites excluding steroid dienone is 5. The van der Waals surface area contributed by atoms with Crippen molar-refractivity contribution in [3.8, 4) is 0 Å². The predicted octanol–water partition coefficient (Wildman–Crippen LogP) is 14.5. The quantitative estimate of drug-likeness (QED) is 0.0232. The maximum Gasteiger partial charge on any atom is 0.249 e. The first-order valence-corrected chi connectivity index (χ1v) is 30.8. The van der Waals surface area contributed by atoms with Gasteiger partial charge in [-0.15, -0.1) is 0 Å². The summed E-state index contributed by atoms with van der Waals surface area (Å²) in [7, 11) is 0. The topological polar surface area (TPSA) is 169 Å². The summed E-state index contributed by atoms with van der Waals surface area (Å²) >= 11 is 0. The van der Waals surface area contributed by atoms with Crippen LogP contribution in [0.5, 0.6) is 0 Å². The number of carbonyl (C=O) groups is 1. The van der Waals surface area contributed by atoms with E-state index in [9.17, 15) is 35.4 Å². The molecule has 0 aromatic rings. The number of unbranched alkanes of at least 4 members (excludes halogenated alkanes) is 38. The number of nitrogens with one attached hydrogen (secondary N) is 1. The van der Waals surface area contributed by atoms with Gasteiger partial charge in [-0.3, -0.25) is 4.79 Å². The van der Waals surface area contributed by atoms with E-state index in [1.165, 1.54) is 212 Å². The van der Waals surface area contributed by atoms with Crippen LogP contribution in [0.3, 0.4) is 0 Å². The molecule has 1 aliphatic rings. The maximum atomic E-state index is 13.1. The number of amides is 1. The zero-order valence-corrected chi connectivity index (χ0v) is 46.8. The molecular formula is C62H117NO9. The van der Waals surface area contributed by atoms with Crippen molar-refractivity contribution in [1.29, 1.82) is 0 Å². The number of rotatable bonds is 53. The van der Waals surface area contributed by atoms with E-state index in [1.807, 2.05) is 6.08 Å². The number of carbonyl (C=O) groups excluding carboxylic acids is 1. The number of hydrogen-bond acceptors (Lipinski definition) is 9. The van der Waals surface area contributed by atoms with Gasteiger partial charge >= 0.3 is 0 Å². The molecule has 0 aromatic heterocycles. The van der Waals surface area contributed by atoms with Crippen LogP contribution in [0.2, 0.25) is 0 Å². The van der Waals surface area contributed by atoms with E-state index in [4.69, 9.17) is 9.47 Å². The van der Waals surface area contributed by atoms with Gasteiger partial charge < -0.3 is 45.4 Å². The Morgan fingerprint density at radius 3 is 1.21 bits per heavy atom. The minimum absolute atomic E-state index is 0.304. The van der Waals surface area contributed by atoms with E-state index in [0.29, 0.717) is 19.3 Å². The summed E-state index contributed by atoms with van der Waals surface area (Å²) in [4.78, 5) is 13.1. The minimum Gasteiger partial charge on any atom is -0.394 e. The van der Waals surface area contributed by atoms with Crippen molar-refractivity contribution < 1.29 is 44.9 Å². The van der Waals surface area contributed by atoms with E-state index in [0.717, 1.165) is 44.9 Å². The van der Waals surface area contributed by atoms with E-state index in [-0.39, 0.29) is 6.61 Å². The molecule has 10 nitrogen and oxygen atoms in total. The van der Waals surface area contributed by atoms with Gasteiger partial charge in [0.1, 0.15) is 30.5 Å². The van der Waals surface area contributed by atoms with Crippen molar-refractivity contribution in [3.05, 3.63) is 36.5 Å². The summed E-state index contributed by atoms with van der Waals surface area (Å²) in [5.41, 5.74) is 0. The molecule has 1 saturated heterocycles. The third-order valence-corrected chi connectivity index (χ3v) is 14.8. The van der Waals surface area contributed by atoms with Gasteiger partial charge in [0.15, 0.2) is 6.29 Å². The molecule has 424 valence electrons. The molecule has 1 rings (SSSR count). The summed E-state index contributed by atoms with van der Waals surface area (Å²) in [6.07, 6.45) is 57.1. The molecule has 1 aliphatic heterocycles. The third-order valence-electron chi connectivity index (χ3n) is 14.8. The van der Waals surface area contributed by atoms with Gasteiger partial charge in [-0.25, -0.2) is 0 Å². The van der Waals surface area contributed by atoms with Crippen LogP contribution in [0, 0.1) is 0 Å². The first-order chi connectivity index (χ1) is 35.3. The lowest BCUT2D eigenvalue weighted by Crippen LogP contribution is -2.60. The van der Waals surface area contributed by atoms with Gasteiger partial charge in [-0.2, -0.15) is 0 Å². The van der Waals surface area contributed by atoms with E-state index < -0.39 is 61.5 Å². The van der Waals surface area contributed by atoms with Crippen LogP contribution >= 0.6 is 0 Å². The van der Waals surface area contributed by atoms with E-state index >= 15 is 0 Å². The first kappa shape index (κ1) is 68.4. The Balaban J connectivity index is 2.16. The Morgan fingerprint density at radius 2 is 0.819 bits per heavy atom. The fourth-order valence-electron chi connectivity index (χ4n) is 9.85. The van der Waals surface area contributed by atoms with Crippen molar-refractivity contribution in [2.75, 3.05) is 13.2 Å². The summed E-state index contributed by atoms with van der Waals surface area (Å²) in [5.74, 6) is -0.626. The van der Waals surface area contributed by atoms with Gasteiger partial charge in [0.25, 0.3) is 0 Å². The molecule has 0 spiro atoms. The van der Waals surface area contributed by atoms with Crippen LogP contribution in [-0.2, 0) is 14.3 Å². The molecule has 0 aromatic carbocycles. The van der Waals surface area contributed by atoms with Gasteiger partial charge in [-0.1, -0.05) is 281 Å². The highest BCUT2D eigenvalue weighted by Crippen LogP contribution is 2.23. The van der Waals surface area contributed by atoms with Crippen LogP contribution in [-0.4, -0.2) is 98.7 Å². The standard InChI is InChI=1S/C62H117NO9/c1-3-5-7-9-11-13-15-17-19-20-21-22-23-24-25-26-27-28-29-30-31-32-33-34-35-37-39-41-43-45-47-49-51-56(66)61(70)63-54(53-71-62-60(69)59(68)58(67)57(52-64)72-62)55(65)50-48-46-44-42-40-38-36-18-16-14-12-10-8-6-4-2/h16,18,40,42,48,50,54-60,62,64-69H,3-15,17,19-39,41,43-47,49,51-53H2,1-2H3,(H,63,70)/b18-16+,42-40+,50-48+. The van der Waals surface area contributed by atoms with Crippen LogP contribution < -0.4 is 5.32 Å². The number of aliphatic hydroxyl groups is 6. The Labute approximate surface area is 443 Å². The molecule has 1 fully saturated rings. The molecule has 0 saturated carbocycles. The molecule has 10 heteroatoms. The number of ether oxygens (including phenoxy) is 2. The molecular weight excluding hydrogens is 903 g/mol. The van der Waals surface area contributed by atoms with Crippen molar-refractivity contribution in [3.63, 3.8) is 0 Å². The average Bonchev–Trinajstić information content (AvgIpc) is 3.38. The first-order valence-electron chi connectivity index (χ1n) is 30.8.